The monoisotopic (exact) mass is 261 g/mol. The molecule has 0 radical (unpaired) electrons. The summed E-state index contributed by atoms with van der Waals surface area (Å²) in [5, 5.41) is 18.3. The van der Waals surface area contributed by atoms with Crippen LogP contribution in [0.5, 0.6) is 5.75 Å². The average molecular weight is 261 g/mol. The highest BCUT2D eigenvalue weighted by Crippen LogP contribution is 2.25. The van der Waals surface area contributed by atoms with Gasteiger partial charge in [0.25, 0.3) is 0 Å². The highest BCUT2D eigenvalue weighted by Gasteiger charge is 2.09. The molecule has 0 aliphatic rings. The number of hydrogen-bond acceptors (Lipinski definition) is 4. The number of carboxylic acids is 1. The molecule has 5 heteroatoms. The highest BCUT2D eigenvalue weighted by atomic mass is 32.2. The molecule has 18 heavy (non-hydrogen) atoms. The molecule has 0 spiro atoms. The third kappa shape index (κ3) is 2.95. The van der Waals surface area contributed by atoms with Crippen molar-refractivity contribution < 1.29 is 15.0 Å². The number of aromatic carboxylic acids is 1. The van der Waals surface area contributed by atoms with Crippen LogP contribution in [0.4, 0.5) is 5.69 Å². The molecule has 0 aliphatic carbocycles. The SMILES string of the molecule is O=C(O)c1cc(NSc2ccccc2)ccc1O. The van der Waals surface area contributed by atoms with Crippen LogP contribution in [0, 0.1) is 0 Å². The minimum absolute atomic E-state index is 0.117. The molecule has 0 amide bonds. The van der Waals surface area contributed by atoms with E-state index in [4.69, 9.17) is 5.11 Å². The molecular weight excluding hydrogens is 250 g/mol. The van der Waals surface area contributed by atoms with Crippen LogP contribution in [-0.4, -0.2) is 16.2 Å². The van der Waals surface area contributed by atoms with Crippen molar-refractivity contribution in [2.45, 2.75) is 4.90 Å². The van der Waals surface area contributed by atoms with Crippen molar-refractivity contribution in [3.8, 4) is 5.75 Å². The minimum Gasteiger partial charge on any atom is -0.507 e. The van der Waals surface area contributed by atoms with E-state index in [1.54, 1.807) is 6.07 Å². The van der Waals surface area contributed by atoms with E-state index in [0.717, 1.165) is 4.90 Å². The van der Waals surface area contributed by atoms with Crippen LogP contribution >= 0.6 is 11.9 Å². The van der Waals surface area contributed by atoms with Gasteiger partial charge in [-0.2, -0.15) is 0 Å². The lowest BCUT2D eigenvalue weighted by Crippen LogP contribution is -1.98. The van der Waals surface area contributed by atoms with E-state index in [1.165, 1.54) is 24.1 Å². The maximum absolute atomic E-state index is 10.9. The first-order chi connectivity index (χ1) is 8.66. The smallest absolute Gasteiger partial charge is 0.339 e. The van der Waals surface area contributed by atoms with Crippen molar-refractivity contribution in [1.29, 1.82) is 0 Å². The standard InChI is InChI=1S/C13H11NO3S/c15-12-7-6-9(8-11(12)13(16)17)14-18-10-4-2-1-3-5-10/h1-8,14-15H,(H,16,17). The Balaban J connectivity index is 2.11. The van der Waals surface area contributed by atoms with Gasteiger partial charge in [-0.1, -0.05) is 18.2 Å². The zero-order chi connectivity index (χ0) is 13.0. The van der Waals surface area contributed by atoms with E-state index < -0.39 is 5.97 Å². The Morgan fingerprint density at radius 1 is 1.11 bits per heavy atom. The van der Waals surface area contributed by atoms with Crippen LogP contribution in [0.25, 0.3) is 0 Å². The lowest BCUT2D eigenvalue weighted by Gasteiger charge is -2.07. The summed E-state index contributed by atoms with van der Waals surface area (Å²) in [6.07, 6.45) is 0. The van der Waals surface area contributed by atoms with E-state index in [0.29, 0.717) is 5.69 Å². The molecule has 2 aromatic carbocycles. The lowest BCUT2D eigenvalue weighted by molar-refractivity contribution is 0.0694. The highest BCUT2D eigenvalue weighted by molar-refractivity contribution is 8.00. The number of hydrogen-bond donors (Lipinski definition) is 3. The van der Waals surface area contributed by atoms with E-state index in [1.807, 2.05) is 30.3 Å². The van der Waals surface area contributed by atoms with Gasteiger partial charge in [-0.25, -0.2) is 4.79 Å². The van der Waals surface area contributed by atoms with Gasteiger partial charge in [-0.05, 0) is 42.3 Å². The summed E-state index contributed by atoms with van der Waals surface area (Å²) in [5.41, 5.74) is 0.507. The van der Waals surface area contributed by atoms with E-state index >= 15 is 0 Å². The van der Waals surface area contributed by atoms with Crippen molar-refractivity contribution in [3.63, 3.8) is 0 Å². The van der Waals surface area contributed by atoms with Gasteiger partial charge in [0, 0.05) is 10.6 Å². The zero-order valence-corrected chi connectivity index (χ0v) is 10.1. The van der Waals surface area contributed by atoms with E-state index in [2.05, 4.69) is 4.72 Å². The molecule has 2 rings (SSSR count). The molecule has 3 N–H and O–H groups in total. The second-order valence-corrected chi connectivity index (χ2v) is 4.43. The van der Waals surface area contributed by atoms with Gasteiger partial charge in [0.2, 0.25) is 0 Å². The van der Waals surface area contributed by atoms with Gasteiger partial charge < -0.3 is 14.9 Å². The van der Waals surface area contributed by atoms with Crippen LogP contribution in [0.15, 0.2) is 53.4 Å². The van der Waals surface area contributed by atoms with Crippen molar-refractivity contribution in [2.75, 3.05) is 4.72 Å². The maximum Gasteiger partial charge on any atom is 0.339 e. The fourth-order valence-corrected chi connectivity index (χ4v) is 2.03. The quantitative estimate of drug-likeness (QED) is 0.582. The third-order valence-corrected chi connectivity index (χ3v) is 3.10. The fourth-order valence-electron chi connectivity index (χ4n) is 1.38. The first-order valence-corrected chi connectivity index (χ1v) is 6.02. The number of carboxylic acid groups (broad SMARTS) is 1. The normalized spacial score (nSPS) is 10.0. The predicted octanol–water partition coefficient (Wildman–Crippen LogP) is 3.21. The Hall–Kier alpha value is -2.14. The maximum atomic E-state index is 10.9. The Morgan fingerprint density at radius 3 is 2.50 bits per heavy atom. The number of phenols is 1. The van der Waals surface area contributed by atoms with Crippen LogP contribution in [0.2, 0.25) is 0 Å². The number of rotatable bonds is 4. The first-order valence-electron chi connectivity index (χ1n) is 5.21. The number of nitrogens with one attached hydrogen (secondary N) is 1. The molecule has 0 saturated carbocycles. The molecule has 0 aromatic heterocycles. The van der Waals surface area contributed by atoms with Crippen LogP contribution in [-0.2, 0) is 0 Å². The first kappa shape index (κ1) is 12.3. The van der Waals surface area contributed by atoms with Gasteiger partial charge in [0.1, 0.15) is 11.3 Å². The largest absolute Gasteiger partial charge is 0.507 e. The molecule has 2 aromatic rings. The second kappa shape index (κ2) is 5.46. The van der Waals surface area contributed by atoms with Gasteiger partial charge in [0.15, 0.2) is 0 Å². The molecule has 4 nitrogen and oxygen atoms in total. The van der Waals surface area contributed by atoms with Gasteiger partial charge >= 0.3 is 5.97 Å². The topological polar surface area (TPSA) is 69.6 Å². The Labute approximate surface area is 108 Å². The van der Waals surface area contributed by atoms with Crippen LogP contribution in [0.3, 0.4) is 0 Å². The van der Waals surface area contributed by atoms with Gasteiger partial charge in [-0.15, -0.1) is 0 Å². The summed E-state index contributed by atoms with van der Waals surface area (Å²) >= 11 is 1.38. The molecule has 0 aliphatic heterocycles. The van der Waals surface area contributed by atoms with Gasteiger partial charge in [0.05, 0.1) is 0 Å². The van der Waals surface area contributed by atoms with E-state index in [9.17, 15) is 9.90 Å². The summed E-state index contributed by atoms with van der Waals surface area (Å²) in [6.45, 7) is 0. The summed E-state index contributed by atoms with van der Waals surface area (Å²) in [6, 6.07) is 14.0. The summed E-state index contributed by atoms with van der Waals surface area (Å²) in [7, 11) is 0. The summed E-state index contributed by atoms with van der Waals surface area (Å²) < 4.78 is 3.03. The molecule has 92 valence electrons. The minimum atomic E-state index is -1.15. The third-order valence-electron chi connectivity index (χ3n) is 2.26. The van der Waals surface area contributed by atoms with Crippen molar-refractivity contribution in [1.82, 2.24) is 0 Å². The Kier molecular flexibility index (Phi) is 3.74. The summed E-state index contributed by atoms with van der Waals surface area (Å²) in [4.78, 5) is 11.9. The number of aromatic hydroxyl groups is 1. The second-order valence-electron chi connectivity index (χ2n) is 3.55. The Bertz CT molecular complexity index is 557. The molecule has 0 heterocycles. The van der Waals surface area contributed by atoms with E-state index in [-0.39, 0.29) is 11.3 Å². The number of anilines is 1. The van der Waals surface area contributed by atoms with Crippen molar-refractivity contribution in [3.05, 3.63) is 54.1 Å². The zero-order valence-electron chi connectivity index (χ0n) is 9.33. The van der Waals surface area contributed by atoms with Crippen LogP contribution < -0.4 is 4.72 Å². The van der Waals surface area contributed by atoms with Crippen molar-refractivity contribution in [2.24, 2.45) is 0 Å². The fraction of sp³-hybridized carbons (Fsp3) is 0. The van der Waals surface area contributed by atoms with Crippen molar-refractivity contribution >= 4 is 23.6 Å². The molecule has 0 fully saturated rings. The molecule has 0 saturated heterocycles. The number of carbonyl (C=O) groups is 1. The predicted molar refractivity (Wildman–Crippen MR) is 71.0 cm³/mol. The number of benzene rings is 2. The molecule has 0 unspecified atom stereocenters. The summed E-state index contributed by atoms with van der Waals surface area (Å²) in [5.74, 6) is -1.39. The molecule has 0 bridgehead atoms. The molecule has 0 atom stereocenters. The lowest BCUT2D eigenvalue weighted by atomic mass is 10.2. The Morgan fingerprint density at radius 2 is 1.83 bits per heavy atom. The molecular formula is C13H11NO3S. The van der Waals surface area contributed by atoms with Crippen LogP contribution in [0.1, 0.15) is 10.4 Å². The average Bonchev–Trinajstić information content (AvgIpc) is 2.38. The van der Waals surface area contributed by atoms with Gasteiger partial charge in [-0.3, -0.25) is 0 Å².